The van der Waals surface area contributed by atoms with Gasteiger partial charge < -0.3 is 5.32 Å². The number of hydrogen-bond acceptors (Lipinski definition) is 4. The van der Waals surface area contributed by atoms with Gasteiger partial charge >= 0.3 is 0 Å². The number of carbonyl (C=O) groups is 1. The van der Waals surface area contributed by atoms with Crippen molar-refractivity contribution >= 4 is 15.9 Å². The van der Waals surface area contributed by atoms with E-state index in [2.05, 4.69) is 23.5 Å². The molecule has 2 aromatic carbocycles. The monoisotopic (exact) mass is 451 g/mol. The number of piperidine rings is 1. The van der Waals surface area contributed by atoms with E-state index < -0.39 is 10.0 Å². The number of nitriles is 1. The Labute approximate surface area is 190 Å². The minimum absolute atomic E-state index is 0.0234. The van der Waals surface area contributed by atoms with Crippen LogP contribution >= 0.6 is 0 Å². The molecule has 0 radical (unpaired) electrons. The summed E-state index contributed by atoms with van der Waals surface area (Å²) in [5, 5.41) is 12.4. The summed E-state index contributed by atoms with van der Waals surface area (Å²) < 4.78 is 27.4. The van der Waals surface area contributed by atoms with Gasteiger partial charge in [0.05, 0.1) is 16.5 Å². The minimum atomic E-state index is -3.75. The lowest BCUT2D eigenvalue weighted by atomic mass is 9.89. The molecule has 1 N–H and O–H groups in total. The lowest BCUT2D eigenvalue weighted by Crippen LogP contribution is -2.43. The Bertz CT molecular complexity index is 1150. The molecule has 2 aliphatic rings. The van der Waals surface area contributed by atoms with Crippen molar-refractivity contribution in [3.05, 3.63) is 64.7 Å². The summed E-state index contributed by atoms with van der Waals surface area (Å²) in [5.41, 5.74) is 4.08. The largest absolute Gasteiger partial charge is 0.349 e. The van der Waals surface area contributed by atoms with E-state index in [0.717, 1.165) is 18.4 Å². The van der Waals surface area contributed by atoms with Crippen molar-refractivity contribution in [3.63, 3.8) is 0 Å². The fourth-order valence-corrected chi connectivity index (χ4v) is 6.33. The molecule has 1 atom stereocenters. The first-order valence-electron chi connectivity index (χ1n) is 11.3. The molecular formula is C25H29N3O3S. The summed E-state index contributed by atoms with van der Waals surface area (Å²) in [4.78, 5) is 12.9. The van der Waals surface area contributed by atoms with Gasteiger partial charge in [-0.25, -0.2) is 8.42 Å². The Balaban J connectivity index is 1.37. The van der Waals surface area contributed by atoms with E-state index in [-0.39, 0.29) is 41.4 Å². The number of hydrogen-bond donors (Lipinski definition) is 1. The first kappa shape index (κ1) is 22.5. The van der Waals surface area contributed by atoms with Gasteiger partial charge in [0.25, 0.3) is 0 Å². The molecule has 1 aliphatic heterocycles. The van der Waals surface area contributed by atoms with Gasteiger partial charge in [-0.05, 0) is 74.3 Å². The Morgan fingerprint density at radius 3 is 2.50 bits per heavy atom. The summed E-state index contributed by atoms with van der Waals surface area (Å²) >= 11 is 0. The van der Waals surface area contributed by atoms with Crippen LogP contribution < -0.4 is 5.32 Å². The summed E-state index contributed by atoms with van der Waals surface area (Å²) in [6.07, 6.45) is 5.64. The van der Waals surface area contributed by atoms with Crippen LogP contribution in [0.25, 0.3) is 0 Å². The van der Waals surface area contributed by atoms with Crippen molar-refractivity contribution in [2.45, 2.75) is 56.4 Å². The quantitative estimate of drug-likeness (QED) is 0.750. The molecule has 0 spiro atoms. The van der Waals surface area contributed by atoms with Crippen LogP contribution in [0.3, 0.4) is 0 Å². The molecule has 1 saturated heterocycles. The van der Waals surface area contributed by atoms with Crippen LogP contribution in [-0.4, -0.2) is 31.7 Å². The molecule has 1 amide bonds. The highest BCUT2D eigenvalue weighted by atomic mass is 32.2. The van der Waals surface area contributed by atoms with Gasteiger partial charge in [-0.2, -0.15) is 9.57 Å². The maximum Gasteiger partial charge on any atom is 0.244 e. The molecule has 4 rings (SSSR count). The van der Waals surface area contributed by atoms with Crippen LogP contribution in [-0.2, 0) is 27.7 Å². The van der Waals surface area contributed by atoms with Crippen LogP contribution in [0.15, 0.2) is 47.4 Å². The number of amides is 1. The van der Waals surface area contributed by atoms with E-state index in [9.17, 15) is 18.5 Å². The van der Waals surface area contributed by atoms with Gasteiger partial charge in [0, 0.05) is 19.0 Å². The smallest absolute Gasteiger partial charge is 0.244 e. The van der Waals surface area contributed by atoms with Crippen molar-refractivity contribution in [1.82, 2.24) is 9.62 Å². The third-order valence-electron chi connectivity index (χ3n) is 6.68. The van der Waals surface area contributed by atoms with Crippen molar-refractivity contribution in [2.75, 3.05) is 13.1 Å². The molecular weight excluding hydrogens is 422 g/mol. The summed E-state index contributed by atoms with van der Waals surface area (Å²) in [7, 11) is -3.75. The maximum atomic E-state index is 13.0. The first-order valence-corrected chi connectivity index (χ1v) is 12.8. The Morgan fingerprint density at radius 2 is 1.78 bits per heavy atom. The number of nitrogens with zero attached hydrogens (tertiary/aromatic N) is 2. The van der Waals surface area contributed by atoms with Gasteiger partial charge in [-0.3, -0.25) is 4.79 Å². The van der Waals surface area contributed by atoms with Crippen LogP contribution in [0.4, 0.5) is 0 Å². The number of rotatable bonds is 5. The van der Waals surface area contributed by atoms with Gasteiger partial charge in [0.1, 0.15) is 6.07 Å². The van der Waals surface area contributed by atoms with E-state index in [0.29, 0.717) is 12.8 Å². The molecule has 0 saturated carbocycles. The summed E-state index contributed by atoms with van der Waals surface area (Å²) in [6, 6.07) is 14.6. The second kappa shape index (κ2) is 9.43. The number of sulfonamides is 1. The van der Waals surface area contributed by atoms with E-state index in [1.54, 1.807) is 12.1 Å². The highest BCUT2D eigenvalue weighted by Gasteiger charge is 2.33. The van der Waals surface area contributed by atoms with E-state index >= 15 is 0 Å². The molecule has 1 unspecified atom stereocenters. The van der Waals surface area contributed by atoms with Crippen molar-refractivity contribution in [1.29, 1.82) is 5.26 Å². The third-order valence-corrected chi connectivity index (χ3v) is 8.64. The number of aryl methyl sites for hydroxylation is 2. The number of nitrogens with one attached hydrogen (secondary N) is 1. The SMILES string of the molecule is CC(NC(=O)C1CCN(S(=O)(=O)c2ccccc2C#N)CC1)c1ccc2c(c1)CCCC2. The second-order valence-electron chi connectivity index (χ2n) is 8.75. The molecule has 1 heterocycles. The zero-order valence-electron chi connectivity index (χ0n) is 18.4. The molecule has 7 heteroatoms. The normalized spacial score (nSPS) is 18.4. The lowest BCUT2D eigenvalue weighted by molar-refractivity contribution is -0.126. The summed E-state index contributed by atoms with van der Waals surface area (Å²) in [5.74, 6) is -0.238. The Kier molecular flexibility index (Phi) is 6.63. The Morgan fingerprint density at radius 1 is 1.09 bits per heavy atom. The second-order valence-corrected chi connectivity index (χ2v) is 10.7. The van der Waals surface area contributed by atoms with Gasteiger partial charge in [0.2, 0.25) is 15.9 Å². The lowest BCUT2D eigenvalue weighted by Gasteiger charge is -2.31. The van der Waals surface area contributed by atoms with Gasteiger partial charge in [-0.1, -0.05) is 30.3 Å². The predicted molar refractivity (Wildman–Crippen MR) is 122 cm³/mol. The van der Waals surface area contributed by atoms with Crippen LogP contribution in [0.5, 0.6) is 0 Å². The van der Waals surface area contributed by atoms with Gasteiger partial charge in [0.15, 0.2) is 0 Å². The predicted octanol–water partition coefficient (Wildman–Crippen LogP) is 3.72. The van der Waals surface area contributed by atoms with E-state index in [4.69, 9.17) is 0 Å². The molecule has 0 bridgehead atoms. The zero-order valence-corrected chi connectivity index (χ0v) is 19.2. The van der Waals surface area contributed by atoms with E-state index in [1.165, 1.54) is 40.4 Å². The fraction of sp³-hybridized carbons (Fsp3) is 0.440. The van der Waals surface area contributed by atoms with Crippen LogP contribution in [0.2, 0.25) is 0 Å². The molecule has 6 nitrogen and oxygen atoms in total. The maximum absolute atomic E-state index is 13.0. The first-order chi connectivity index (χ1) is 15.4. The zero-order chi connectivity index (χ0) is 22.7. The van der Waals surface area contributed by atoms with Crippen molar-refractivity contribution in [3.8, 4) is 6.07 Å². The average Bonchev–Trinajstić information content (AvgIpc) is 2.83. The van der Waals surface area contributed by atoms with Crippen LogP contribution in [0, 0.1) is 17.2 Å². The fourth-order valence-electron chi connectivity index (χ4n) is 4.72. The van der Waals surface area contributed by atoms with Gasteiger partial charge in [-0.15, -0.1) is 0 Å². The number of fused-ring (bicyclic) bond motifs is 1. The van der Waals surface area contributed by atoms with Crippen molar-refractivity contribution < 1.29 is 13.2 Å². The highest BCUT2D eigenvalue weighted by molar-refractivity contribution is 7.89. The third kappa shape index (κ3) is 4.57. The minimum Gasteiger partial charge on any atom is -0.349 e. The topological polar surface area (TPSA) is 90.3 Å². The highest BCUT2D eigenvalue weighted by Crippen LogP contribution is 2.28. The molecule has 2 aromatic rings. The molecule has 1 fully saturated rings. The Hall–Kier alpha value is -2.69. The average molecular weight is 452 g/mol. The molecule has 1 aliphatic carbocycles. The molecule has 168 valence electrons. The van der Waals surface area contributed by atoms with Crippen molar-refractivity contribution in [2.24, 2.45) is 5.92 Å². The molecule has 32 heavy (non-hydrogen) atoms. The summed E-state index contributed by atoms with van der Waals surface area (Å²) in [6.45, 7) is 2.54. The number of carbonyl (C=O) groups excluding carboxylic acids is 1. The van der Waals surface area contributed by atoms with E-state index in [1.807, 2.05) is 13.0 Å². The molecule has 0 aromatic heterocycles. The van der Waals surface area contributed by atoms with Crippen LogP contribution in [0.1, 0.15) is 60.9 Å². The number of benzene rings is 2. The standard InChI is InChI=1S/C25H29N3O3S/c1-18(21-11-10-19-6-2-3-7-22(19)16-21)27-25(29)20-12-14-28(15-13-20)32(30,31)24-9-5-4-8-23(24)17-26/h4-5,8-11,16,18,20H,2-3,6-7,12-15H2,1H3,(H,27,29).